The molecular weight excluding hydrogens is 200 g/mol. The summed E-state index contributed by atoms with van der Waals surface area (Å²) in [7, 11) is 0. The van der Waals surface area contributed by atoms with Gasteiger partial charge in [0.05, 0.1) is 6.54 Å². The first-order valence-electron chi connectivity index (χ1n) is 6.25. The predicted molar refractivity (Wildman–Crippen MR) is 65.1 cm³/mol. The number of hydrogen-bond donors (Lipinski definition) is 2. The lowest BCUT2D eigenvalue weighted by Crippen LogP contribution is -2.31. The van der Waals surface area contributed by atoms with Gasteiger partial charge in [-0.05, 0) is 57.2 Å². The average Bonchev–Trinajstić information content (AvgIpc) is 2.67. The Labute approximate surface area is 97.4 Å². The number of aryl methyl sites for hydroxylation is 1. The van der Waals surface area contributed by atoms with Gasteiger partial charge in [0.2, 0.25) is 0 Å². The first kappa shape index (κ1) is 11.7. The molecule has 3 heteroatoms. The van der Waals surface area contributed by atoms with Crippen molar-refractivity contribution in [2.75, 3.05) is 6.54 Å². The van der Waals surface area contributed by atoms with E-state index < -0.39 is 0 Å². The van der Waals surface area contributed by atoms with E-state index >= 15 is 0 Å². The topological polar surface area (TPSA) is 51.2 Å². The molecule has 2 rings (SSSR count). The van der Waals surface area contributed by atoms with Crippen LogP contribution >= 0.6 is 0 Å². The third-order valence-corrected chi connectivity index (χ3v) is 3.42. The largest absolute Gasteiger partial charge is 0.465 e. The third-order valence-electron chi connectivity index (χ3n) is 3.42. The summed E-state index contributed by atoms with van der Waals surface area (Å²) in [5.41, 5.74) is 5.88. The van der Waals surface area contributed by atoms with Crippen molar-refractivity contribution in [3.05, 3.63) is 23.7 Å². The molecule has 1 aliphatic rings. The average molecular weight is 222 g/mol. The van der Waals surface area contributed by atoms with Crippen LogP contribution in [0.5, 0.6) is 0 Å². The number of hydrogen-bond acceptors (Lipinski definition) is 3. The Morgan fingerprint density at radius 2 is 2.06 bits per heavy atom. The van der Waals surface area contributed by atoms with Gasteiger partial charge in [-0.25, -0.2) is 0 Å². The molecule has 90 valence electrons. The van der Waals surface area contributed by atoms with Gasteiger partial charge in [-0.3, -0.25) is 0 Å². The van der Waals surface area contributed by atoms with Gasteiger partial charge < -0.3 is 15.5 Å². The summed E-state index contributed by atoms with van der Waals surface area (Å²) in [5, 5.41) is 3.46. The second kappa shape index (κ2) is 5.51. The maximum Gasteiger partial charge on any atom is 0.117 e. The smallest absolute Gasteiger partial charge is 0.117 e. The molecule has 0 saturated heterocycles. The first-order chi connectivity index (χ1) is 7.74. The molecule has 0 bridgehead atoms. The summed E-state index contributed by atoms with van der Waals surface area (Å²) in [6.07, 6.45) is 4.91. The van der Waals surface area contributed by atoms with Gasteiger partial charge in [0.25, 0.3) is 0 Å². The zero-order chi connectivity index (χ0) is 11.4. The van der Waals surface area contributed by atoms with E-state index in [1.54, 1.807) is 0 Å². The molecule has 1 saturated carbocycles. The molecule has 0 aliphatic heterocycles. The van der Waals surface area contributed by atoms with Gasteiger partial charge in [-0.15, -0.1) is 0 Å². The fraction of sp³-hybridized carbons (Fsp3) is 0.692. The van der Waals surface area contributed by atoms with Gasteiger partial charge in [-0.1, -0.05) is 0 Å². The minimum absolute atomic E-state index is 0.448. The van der Waals surface area contributed by atoms with Gasteiger partial charge >= 0.3 is 0 Å². The Morgan fingerprint density at radius 1 is 1.31 bits per heavy atom. The van der Waals surface area contributed by atoms with Gasteiger partial charge in [-0.2, -0.15) is 0 Å². The van der Waals surface area contributed by atoms with E-state index in [1.807, 2.05) is 19.1 Å². The van der Waals surface area contributed by atoms with Crippen LogP contribution in [0.1, 0.15) is 37.2 Å². The van der Waals surface area contributed by atoms with Crippen LogP contribution < -0.4 is 11.1 Å². The van der Waals surface area contributed by atoms with Crippen molar-refractivity contribution in [3.8, 4) is 0 Å². The molecule has 0 spiro atoms. The number of nitrogens with two attached hydrogens (primary N) is 1. The molecule has 1 heterocycles. The van der Waals surface area contributed by atoms with Crippen molar-refractivity contribution >= 4 is 0 Å². The van der Waals surface area contributed by atoms with Crippen molar-refractivity contribution in [2.45, 2.75) is 45.2 Å². The van der Waals surface area contributed by atoms with E-state index in [9.17, 15) is 0 Å². The van der Waals surface area contributed by atoms with Crippen LogP contribution in [0.25, 0.3) is 0 Å². The Balaban J connectivity index is 1.64. The molecular formula is C13H22N2O. The predicted octanol–water partition coefficient (Wildman–Crippen LogP) is 2.20. The minimum atomic E-state index is 0.448. The van der Waals surface area contributed by atoms with Gasteiger partial charge in [0.1, 0.15) is 11.5 Å². The standard InChI is InChI=1S/C13H22N2O/c1-10-2-7-13(16-10)9-15-8-11-3-5-12(14)6-4-11/h2,7,11-12,15H,3-6,8-9,14H2,1H3. The normalized spacial score (nSPS) is 25.9. The Kier molecular flexibility index (Phi) is 4.02. The molecule has 16 heavy (non-hydrogen) atoms. The van der Waals surface area contributed by atoms with Crippen molar-refractivity contribution < 1.29 is 4.42 Å². The maximum atomic E-state index is 5.88. The lowest BCUT2D eigenvalue weighted by atomic mass is 9.86. The van der Waals surface area contributed by atoms with E-state index in [0.29, 0.717) is 6.04 Å². The number of nitrogens with one attached hydrogen (secondary N) is 1. The van der Waals surface area contributed by atoms with Crippen LogP contribution in [0.2, 0.25) is 0 Å². The van der Waals surface area contributed by atoms with Gasteiger partial charge in [0.15, 0.2) is 0 Å². The minimum Gasteiger partial charge on any atom is -0.465 e. The van der Waals surface area contributed by atoms with Crippen LogP contribution in [0, 0.1) is 12.8 Å². The Hall–Kier alpha value is -0.800. The van der Waals surface area contributed by atoms with Crippen LogP contribution in [-0.4, -0.2) is 12.6 Å². The summed E-state index contributed by atoms with van der Waals surface area (Å²) in [6.45, 7) is 3.91. The van der Waals surface area contributed by atoms with E-state index in [-0.39, 0.29) is 0 Å². The molecule has 3 nitrogen and oxygen atoms in total. The van der Waals surface area contributed by atoms with Crippen molar-refractivity contribution in [3.63, 3.8) is 0 Å². The molecule has 1 fully saturated rings. The number of rotatable bonds is 4. The Bertz CT molecular complexity index is 313. The molecule has 0 atom stereocenters. The highest BCUT2D eigenvalue weighted by atomic mass is 16.3. The Morgan fingerprint density at radius 3 is 2.69 bits per heavy atom. The zero-order valence-electron chi connectivity index (χ0n) is 10.0. The van der Waals surface area contributed by atoms with Crippen LogP contribution in [0.15, 0.2) is 16.5 Å². The highest BCUT2D eigenvalue weighted by Crippen LogP contribution is 2.22. The molecule has 1 aromatic heterocycles. The molecule has 0 aromatic carbocycles. The van der Waals surface area contributed by atoms with Crippen LogP contribution in [0.4, 0.5) is 0 Å². The summed E-state index contributed by atoms with van der Waals surface area (Å²) >= 11 is 0. The first-order valence-corrected chi connectivity index (χ1v) is 6.25. The zero-order valence-corrected chi connectivity index (χ0v) is 10.0. The lowest BCUT2D eigenvalue weighted by molar-refractivity contribution is 0.310. The van der Waals surface area contributed by atoms with E-state index in [1.165, 1.54) is 25.7 Å². The van der Waals surface area contributed by atoms with E-state index in [4.69, 9.17) is 10.2 Å². The van der Waals surface area contributed by atoms with E-state index in [0.717, 1.165) is 30.5 Å². The summed E-state index contributed by atoms with van der Waals surface area (Å²) in [4.78, 5) is 0. The van der Waals surface area contributed by atoms with Crippen molar-refractivity contribution in [1.29, 1.82) is 0 Å². The SMILES string of the molecule is Cc1ccc(CNCC2CCC(N)CC2)o1. The van der Waals surface area contributed by atoms with E-state index in [2.05, 4.69) is 5.32 Å². The monoisotopic (exact) mass is 222 g/mol. The fourth-order valence-corrected chi connectivity index (χ4v) is 2.37. The van der Waals surface area contributed by atoms with Crippen molar-refractivity contribution in [1.82, 2.24) is 5.32 Å². The molecule has 0 amide bonds. The fourth-order valence-electron chi connectivity index (χ4n) is 2.37. The highest BCUT2D eigenvalue weighted by molar-refractivity contribution is 5.05. The second-order valence-electron chi connectivity index (χ2n) is 4.92. The second-order valence-corrected chi connectivity index (χ2v) is 4.92. The van der Waals surface area contributed by atoms with Gasteiger partial charge in [0, 0.05) is 6.04 Å². The number of furan rings is 1. The summed E-state index contributed by atoms with van der Waals surface area (Å²) < 4.78 is 5.51. The van der Waals surface area contributed by atoms with Crippen molar-refractivity contribution in [2.24, 2.45) is 11.7 Å². The molecule has 1 aromatic rings. The van der Waals surface area contributed by atoms with Crippen LogP contribution in [0.3, 0.4) is 0 Å². The van der Waals surface area contributed by atoms with Crippen LogP contribution in [-0.2, 0) is 6.54 Å². The summed E-state index contributed by atoms with van der Waals surface area (Å²) in [5.74, 6) is 2.82. The summed E-state index contributed by atoms with van der Waals surface area (Å²) in [6, 6.07) is 4.50. The maximum absolute atomic E-state index is 5.88. The lowest BCUT2D eigenvalue weighted by Gasteiger charge is -2.26. The molecule has 3 N–H and O–H groups in total. The molecule has 0 unspecified atom stereocenters. The third kappa shape index (κ3) is 3.35. The molecule has 1 aliphatic carbocycles. The molecule has 0 radical (unpaired) electrons. The quantitative estimate of drug-likeness (QED) is 0.821. The highest BCUT2D eigenvalue weighted by Gasteiger charge is 2.17.